The third-order valence-corrected chi connectivity index (χ3v) is 2.96. The Hall–Kier alpha value is -2.88. The van der Waals surface area contributed by atoms with Crippen molar-refractivity contribution in [1.29, 1.82) is 0 Å². The maximum atomic E-state index is 12.1. The lowest BCUT2D eigenvalue weighted by atomic mass is 10.1. The van der Waals surface area contributed by atoms with Crippen molar-refractivity contribution < 1.29 is 33.5 Å². The van der Waals surface area contributed by atoms with E-state index in [9.17, 15) is 19.7 Å². The van der Waals surface area contributed by atoms with Crippen LogP contribution in [-0.2, 0) is 14.3 Å². The van der Waals surface area contributed by atoms with Crippen LogP contribution in [0.1, 0.15) is 17.3 Å². The van der Waals surface area contributed by atoms with Gasteiger partial charge >= 0.3 is 5.97 Å². The number of amides is 1. The minimum atomic E-state index is -1.02. The van der Waals surface area contributed by atoms with Crippen LogP contribution < -0.4 is 14.8 Å². The van der Waals surface area contributed by atoms with Gasteiger partial charge in [-0.05, 0) is 6.92 Å². The first kappa shape index (κ1) is 20.2. The number of methoxy groups -OCH3 is 2. The smallest absolute Gasteiger partial charge is 0.345 e. The van der Waals surface area contributed by atoms with E-state index in [1.54, 1.807) is 6.92 Å². The Labute approximate surface area is 144 Å². The molecular weight excluding hydrogens is 336 g/mol. The number of hydrogen-bond acceptors (Lipinski definition) is 8. The number of nitrogens with one attached hydrogen (secondary N) is 1. The van der Waals surface area contributed by atoms with E-state index in [0.717, 1.165) is 12.1 Å². The molecule has 10 nitrogen and oxygen atoms in total. The van der Waals surface area contributed by atoms with Gasteiger partial charge in [-0.2, -0.15) is 0 Å². The fourth-order valence-corrected chi connectivity index (χ4v) is 1.84. The van der Waals surface area contributed by atoms with Crippen molar-refractivity contribution in [2.24, 2.45) is 0 Å². The number of rotatable bonds is 10. The largest absolute Gasteiger partial charge is 0.493 e. The molecule has 0 unspecified atom stereocenters. The number of ether oxygens (including phenoxy) is 4. The number of carbonyl (C=O) groups is 2. The quantitative estimate of drug-likeness (QED) is 0.284. The average Bonchev–Trinajstić information content (AvgIpc) is 2.59. The molecule has 0 aromatic heterocycles. The van der Waals surface area contributed by atoms with Gasteiger partial charge < -0.3 is 24.3 Å². The number of hydrogen-bond donors (Lipinski definition) is 1. The second-order valence-electron chi connectivity index (χ2n) is 4.63. The van der Waals surface area contributed by atoms with Gasteiger partial charge in [-0.1, -0.05) is 0 Å². The first-order chi connectivity index (χ1) is 11.9. The standard InChI is InChI=1S/C15H20N2O8/c1-4-24-13-7-10(11(17(20)21)8-12(13)23-3)15(19)25-9-14(18)16-5-6-22-2/h7-8H,4-6,9H2,1-3H3,(H,16,18). The van der Waals surface area contributed by atoms with E-state index < -0.39 is 29.1 Å². The molecule has 0 aliphatic heterocycles. The Morgan fingerprint density at radius 2 is 1.96 bits per heavy atom. The number of nitro benzene ring substituents is 1. The van der Waals surface area contributed by atoms with E-state index in [0.29, 0.717) is 6.61 Å². The van der Waals surface area contributed by atoms with Gasteiger partial charge in [0.2, 0.25) is 0 Å². The van der Waals surface area contributed by atoms with Crippen LogP contribution in [0.5, 0.6) is 11.5 Å². The third-order valence-electron chi connectivity index (χ3n) is 2.96. The molecule has 1 amide bonds. The summed E-state index contributed by atoms with van der Waals surface area (Å²) in [5, 5.41) is 13.6. The molecule has 0 atom stereocenters. The Balaban J connectivity index is 2.93. The van der Waals surface area contributed by atoms with Crippen molar-refractivity contribution in [2.75, 3.05) is 40.6 Å². The predicted octanol–water partition coefficient (Wildman–Crippen LogP) is 0.921. The summed E-state index contributed by atoms with van der Waals surface area (Å²) in [4.78, 5) is 34.1. The number of nitrogens with zero attached hydrogens (tertiary/aromatic N) is 1. The van der Waals surface area contributed by atoms with Crippen molar-refractivity contribution in [3.8, 4) is 11.5 Å². The summed E-state index contributed by atoms with van der Waals surface area (Å²) < 4.78 is 19.9. The Bertz CT molecular complexity index is 632. The van der Waals surface area contributed by atoms with E-state index in [4.69, 9.17) is 18.9 Å². The lowest BCUT2D eigenvalue weighted by molar-refractivity contribution is -0.385. The van der Waals surface area contributed by atoms with Gasteiger partial charge in [-0.3, -0.25) is 14.9 Å². The molecular formula is C15H20N2O8. The normalized spacial score (nSPS) is 10.0. The van der Waals surface area contributed by atoms with E-state index in [1.807, 2.05) is 0 Å². The van der Waals surface area contributed by atoms with Gasteiger partial charge in [0.25, 0.3) is 11.6 Å². The molecule has 0 saturated carbocycles. The van der Waals surface area contributed by atoms with Crippen LogP contribution >= 0.6 is 0 Å². The van der Waals surface area contributed by atoms with Crippen LogP contribution in [0.15, 0.2) is 12.1 Å². The minimum absolute atomic E-state index is 0.113. The molecule has 0 aliphatic rings. The summed E-state index contributed by atoms with van der Waals surface area (Å²) in [6, 6.07) is 2.23. The van der Waals surface area contributed by atoms with Crippen LogP contribution in [0.4, 0.5) is 5.69 Å². The average molecular weight is 356 g/mol. The third kappa shape index (κ3) is 5.92. The van der Waals surface area contributed by atoms with Gasteiger partial charge in [-0.25, -0.2) is 4.79 Å². The Morgan fingerprint density at radius 3 is 2.52 bits per heavy atom. The zero-order valence-corrected chi connectivity index (χ0v) is 14.2. The molecule has 25 heavy (non-hydrogen) atoms. The molecule has 138 valence electrons. The van der Waals surface area contributed by atoms with E-state index >= 15 is 0 Å². The van der Waals surface area contributed by atoms with Gasteiger partial charge in [0.1, 0.15) is 5.56 Å². The van der Waals surface area contributed by atoms with Crippen LogP contribution in [-0.4, -0.2) is 57.4 Å². The second kappa shape index (κ2) is 10.1. The van der Waals surface area contributed by atoms with Crippen molar-refractivity contribution >= 4 is 17.6 Å². The second-order valence-corrected chi connectivity index (χ2v) is 4.63. The number of nitro groups is 1. The van der Waals surface area contributed by atoms with Crippen LogP contribution in [0.25, 0.3) is 0 Å². The summed E-state index contributed by atoms with van der Waals surface area (Å²) >= 11 is 0. The highest BCUT2D eigenvalue weighted by Gasteiger charge is 2.26. The molecule has 0 spiro atoms. The zero-order chi connectivity index (χ0) is 18.8. The molecule has 0 saturated heterocycles. The summed E-state index contributed by atoms with van der Waals surface area (Å²) in [7, 11) is 2.80. The van der Waals surface area contributed by atoms with Gasteiger partial charge in [-0.15, -0.1) is 0 Å². The molecule has 0 heterocycles. The lowest BCUT2D eigenvalue weighted by Gasteiger charge is -2.11. The van der Waals surface area contributed by atoms with E-state index in [2.05, 4.69) is 5.32 Å². The summed E-state index contributed by atoms with van der Waals surface area (Å²) in [6.07, 6.45) is 0. The molecule has 1 N–H and O–H groups in total. The molecule has 1 rings (SSSR count). The van der Waals surface area contributed by atoms with E-state index in [-0.39, 0.29) is 30.2 Å². The summed E-state index contributed by atoms with van der Waals surface area (Å²) in [6.45, 7) is 1.97. The van der Waals surface area contributed by atoms with Crippen LogP contribution in [0.2, 0.25) is 0 Å². The molecule has 0 radical (unpaired) electrons. The van der Waals surface area contributed by atoms with Gasteiger partial charge in [0.15, 0.2) is 18.1 Å². The highest BCUT2D eigenvalue weighted by Crippen LogP contribution is 2.35. The Morgan fingerprint density at radius 1 is 1.24 bits per heavy atom. The fourth-order valence-electron chi connectivity index (χ4n) is 1.84. The maximum Gasteiger partial charge on any atom is 0.345 e. The summed E-state index contributed by atoms with van der Waals surface area (Å²) in [5.74, 6) is -1.29. The monoisotopic (exact) mass is 356 g/mol. The lowest BCUT2D eigenvalue weighted by Crippen LogP contribution is -2.31. The summed E-state index contributed by atoms with van der Waals surface area (Å²) in [5.41, 5.74) is -0.843. The molecule has 1 aromatic carbocycles. The number of benzene rings is 1. The molecule has 0 fully saturated rings. The maximum absolute atomic E-state index is 12.1. The van der Waals surface area contributed by atoms with Crippen molar-refractivity contribution in [3.63, 3.8) is 0 Å². The number of esters is 1. The van der Waals surface area contributed by atoms with Crippen molar-refractivity contribution in [3.05, 3.63) is 27.8 Å². The van der Waals surface area contributed by atoms with Crippen molar-refractivity contribution in [2.45, 2.75) is 6.92 Å². The van der Waals surface area contributed by atoms with Crippen molar-refractivity contribution in [1.82, 2.24) is 5.32 Å². The fraction of sp³-hybridized carbons (Fsp3) is 0.467. The predicted molar refractivity (Wildman–Crippen MR) is 86.0 cm³/mol. The molecule has 10 heteroatoms. The highest BCUT2D eigenvalue weighted by atomic mass is 16.6. The first-order valence-corrected chi connectivity index (χ1v) is 7.36. The first-order valence-electron chi connectivity index (χ1n) is 7.36. The topological polar surface area (TPSA) is 126 Å². The molecule has 1 aromatic rings. The Kier molecular flexibility index (Phi) is 8.13. The van der Waals surface area contributed by atoms with Gasteiger partial charge in [0.05, 0.1) is 31.3 Å². The SMILES string of the molecule is CCOc1cc(C(=O)OCC(=O)NCCOC)c([N+](=O)[O-])cc1OC. The molecule has 0 bridgehead atoms. The molecule has 0 aliphatic carbocycles. The zero-order valence-electron chi connectivity index (χ0n) is 14.2. The van der Waals surface area contributed by atoms with Crippen LogP contribution in [0.3, 0.4) is 0 Å². The van der Waals surface area contributed by atoms with E-state index in [1.165, 1.54) is 14.2 Å². The number of carbonyl (C=O) groups excluding carboxylic acids is 2. The highest BCUT2D eigenvalue weighted by molar-refractivity contribution is 5.96. The van der Waals surface area contributed by atoms with Crippen LogP contribution in [0, 0.1) is 10.1 Å². The van der Waals surface area contributed by atoms with Gasteiger partial charge in [0, 0.05) is 19.7 Å². The minimum Gasteiger partial charge on any atom is -0.493 e.